The molecule has 5 nitrogen and oxygen atoms in total. The molecule has 0 radical (unpaired) electrons. The van der Waals surface area contributed by atoms with E-state index in [9.17, 15) is 0 Å². The van der Waals surface area contributed by atoms with Gasteiger partial charge in [0.25, 0.3) is 5.96 Å². The van der Waals surface area contributed by atoms with Crippen molar-refractivity contribution in [3.63, 3.8) is 0 Å². The van der Waals surface area contributed by atoms with E-state index in [0.29, 0.717) is 0 Å². The zero-order valence-electron chi connectivity index (χ0n) is 7.98. The van der Waals surface area contributed by atoms with Crippen LogP contribution in [0.4, 0.5) is 0 Å². The molecule has 13 heavy (non-hydrogen) atoms. The van der Waals surface area contributed by atoms with Crippen molar-refractivity contribution < 1.29 is 5.21 Å². The third-order valence-electron chi connectivity index (χ3n) is 1.65. The molecule has 0 aliphatic rings. The number of hydrogen-bond acceptors (Lipinski definition) is 3. The second-order valence-corrected chi connectivity index (χ2v) is 2.90. The highest BCUT2D eigenvalue weighted by Crippen LogP contribution is 1.99. The summed E-state index contributed by atoms with van der Waals surface area (Å²) >= 11 is 0. The van der Waals surface area contributed by atoms with Crippen LogP contribution in [0, 0.1) is 0 Å². The highest BCUT2D eigenvalue weighted by atomic mass is 16.4. The minimum absolute atomic E-state index is 0.121. The summed E-state index contributed by atoms with van der Waals surface area (Å²) in [4.78, 5) is 3.67. The Morgan fingerprint density at radius 2 is 2.23 bits per heavy atom. The first-order chi connectivity index (χ1) is 6.20. The molecule has 1 atom stereocenters. The first-order valence-corrected chi connectivity index (χ1v) is 4.46. The molecule has 0 rings (SSSR count). The standard InChI is InChI=1S/C8H18N4O/c1-2-4-7(9)5-3-6-11-8(10)12-13/h6-7,13H,2-5,9H2,1H3,(H2,10,12). The van der Waals surface area contributed by atoms with E-state index >= 15 is 0 Å². The predicted molar refractivity (Wildman–Crippen MR) is 54.0 cm³/mol. The number of oxime groups is 1. The van der Waals surface area contributed by atoms with Crippen LogP contribution in [-0.4, -0.2) is 23.4 Å². The SMILES string of the molecule is CCCC(N)CCC=NC(N)=NO. The van der Waals surface area contributed by atoms with Crippen molar-refractivity contribution in [1.29, 1.82) is 0 Å². The Hall–Kier alpha value is -1.10. The molecule has 0 amide bonds. The van der Waals surface area contributed by atoms with Crippen LogP contribution < -0.4 is 11.5 Å². The fourth-order valence-electron chi connectivity index (χ4n) is 0.988. The lowest BCUT2D eigenvalue weighted by Gasteiger charge is -2.06. The summed E-state index contributed by atoms with van der Waals surface area (Å²) in [6.45, 7) is 2.10. The summed E-state index contributed by atoms with van der Waals surface area (Å²) in [5.74, 6) is -0.121. The van der Waals surface area contributed by atoms with Crippen molar-refractivity contribution in [2.45, 2.75) is 38.6 Å². The second kappa shape index (κ2) is 7.54. The molecular weight excluding hydrogens is 168 g/mol. The molecule has 0 spiro atoms. The van der Waals surface area contributed by atoms with Gasteiger partial charge in [0.15, 0.2) is 0 Å². The summed E-state index contributed by atoms with van der Waals surface area (Å²) in [5.41, 5.74) is 10.9. The van der Waals surface area contributed by atoms with Gasteiger partial charge >= 0.3 is 0 Å². The minimum atomic E-state index is -0.121. The van der Waals surface area contributed by atoms with Gasteiger partial charge in [-0.3, -0.25) is 0 Å². The number of guanidine groups is 1. The third kappa shape index (κ3) is 7.27. The Morgan fingerprint density at radius 3 is 2.77 bits per heavy atom. The van der Waals surface area contributed by atoms with Gasteiger partial charge in [0.2, 0.25) is 0 Å². The first-order valence-electron chi connectivity index (χ1n) is 4.46. The maximum absolute atomic E-state index is 8.15. The highest BCUT2D eigenvalue weighted by molar-refractivity contribution is 5.85. The summed E-state index contributed by atoms with van der Waals surface area (Å²) in [6.07, 6.45) is 5.38. The number of rotatable bonds is 5. The normalized spacial score (nSPS) is 15.1. The maximum Gasteiger partial charge on any atom is 0.256 e. The summed E-state index contributed by atoms with van der Waals surface area (Å²) in [6, 6.07) is 0.226. The molecule has 0 aromatic heterocycles. The molecule has 76 valence electrons. The van der Waals surface area contributed by atoms with Crippen molar-refractivity contribution in [2.24, 2.45) is 21.6 Å². The van der Waals surface area contributed by atoms with Crippen LogP contribution in [0.25, 0.3) is 0 Å². The Kier molecular flexibility index (Phi) is 6.91. The molecular formula is C8H18N4O. The van der Waals surface area contributed by atoms with Crippen LogP contribution in [0.15, 0.2) is 10.1 Å². The molecule has 0 aliphatic carbocycles. The lowest BCUT2D eigenvalue weighted by molar-refractivity contribution is 0.317. The lowest BCUT2D eigenvalue weighted by atomic mass is 10.1. The number of hydrogen-bond donors (Lipinski definition) is 3. The van der Waals surface area contributed by atoms with E-state index in [0.717, 1.165) is 25.7 Å². The zero-order chi connectivity index (χ0) is 10.1. The third-order valence-corrected chi connectivity index (χ3v) is 1.65. The number of aliphatic imine (C=N–C) groups is 1. The average Bonchev–Trinajstić information content (AvgIpc) is 2.12. The van der Waals surface area contributed by atoms with Gasteiger partial charge < -0.3 is 16.7 Å². The van der Waals surface area contributed by atoms with Crippen molar-refractivity contribution >= 4 is 12.2 Å². The van der Waals surface area contributed by atoms with Crippen LogP contribution in [0.5, 0.6) is 0 Å². The smallest absolute Gasteiger partial charge is 0.256 e. The molecule has 5 heteroatoms. The molecule has 0 saturated heterocycles. The lowest BCUT2D eigenvalue weighted by Crippen LogP contribution is -2.19. The van der Waals surface area contributed by atoms with Gasteiger partial charge in [0, 0.05) is 12.3 Å². The van der Waals surface area contributed by atoms with Gasteiger partial charge in [0.05, 0.1) is 0 Å². The van der Waals surface area contributed by atoms with Crippen LogP contribution in [0.1, 0.15) is 32.6 Å². The topological polar surface area (TPSA) is 97.0 Å². The van der Waals surface area contributed by atoms with E-state index in [1.165, 1.54) is 0 Å². The Balaban J connectivity index is 3.49. The molecule has 0 aliphatic heterocycles. The average molecular weight is 186 g/mol. The van der Waals surface area contributed by atoms with Crippen molar-refractivity contribution in [1.82, 2.24) is 0 Å². The minimum Gasteiger partial charge on any atom is -0.408 e. The van der Waals surface area contributed by atoms with E-state index in [4.69, 9.17) is 16.7 Å². The van der Waals surface area contributed by atoms with Crippen LogP contribution in [0.3, 0.4) is 0 Å². The zero-order valence-corrected chi connectivity index (χ0v) is 7.98. The summed E-state index contributed by atoms with van der Waals surface area (Å²) < 4.78 is 0. The van der Waals surface area contributed by atoms with Crippen molar-refractivity contribution in [3.8, 4) is 0 Å². The molecule has 1 unspecified atom stereocenters. The molecule has 0 bridgehead atoms. The van der Waals surface area contributed by atoms with Gasteiger partial charge in [-0.25, -0.2) is 4.99 Å². The van der Waals surface area contributed by atoms with E-state index < -0.39 is 0 Å². The summed E-state index contributed by atoms with van der Waals surface area (Å²) in [7, 11) is 0. The van der Waals surface area contributed by atoms with Crippen LogP contribution in [-0.2, 0) is 0 Å². The Labute approximate surface area is 78.5 Å². The number of nitrogens with two attached hydrogens (primary N) is 2. The van der Waals surface area contributed by atoms with E-state index in [-0.39, 0.29) is 12.0 Å². The van der Waals surface area contributed by atoms with Crippen LogP contribution in [0.2, 0.25) is 0 Å². The first kappa shape index (κ1) is 11.9. The fraction of sp³-hybridized carbons (Fsp3) is 0.750. The summed E-state index contributed by atoms with van der Waals surface area (Å²) in [5, 5.41) is 10.9. The van der Waals surface area contributed by atoms with E-state index in [2.05, 4.69) is 17.1 Å². The largest absolute Gasteiger partial charge is 0.408 e. The molecule has 0 saturated carbocycles. The van der Waals surface area contributed by atoms with Gasteiger partial charge in [-0.05, 0) is 24.4 Å². The fourth-order valence-corrected chi connectivity index (χ4v) is 0.988. The molecule has 0 fully saturated rings. The second-order valence-electron chi connectivity index (χ2n) is 2.90. The predicted octanol–water partition coefficient (Wildman–Crippen LogP) is 0.669. The molecule has 0 aromatic rings. The monoisotopic (exact) mass is 186 g/mol. The Morgan fingerprint density at radius 1 is 1.54 bits per heavy atom. The van der Waals surface area contributed by atoms with Crippen molar-refractivity contribution in [3.05, 3.63) is 0 Å². The maximum atomic E-state index is 8.15. The van der Waals surface area contributed by atoms with Gasteiger partial charge in [-0.1, -0.05) is 13.3 Å². The number of nitrogens with zero attached hydrogens (tertiary/aromatic N) is 2. The molecule has 0 aromatic carbocycles. The van der Waals surface area contributed by atoms with E-state index in [1.54, 1.807) is 6.21 Å². The quantitative estimate of drug-likeness (QED) is 0.255. The highest BCUT2D eigenvalue weighted by Gasteiger charge is 1.98. The van der Waals surface area contributed by atoms with Crippen LogP contribution >= 0.6 is 0 Å². The van der Waals surface area contributed by atoms with Gasteiger partial charge in [-0.15, -0.1) is 0 Å². The van der Waals surface area contributed by atoms with Gasteiger partial charge in [0.1, 0.15) is 0 Å². The Bertz CT molecular complexity index is 179. The van der Waals surface area contributed by atoms with Crippen molar-refractivity contribution in [2.75, 3.05) is 0 Å². The van der Waals surface area contributed by atoms with E-state index in [1.807, 2.05) is 0 Å². The molecule has 5 N–H and O–H groups in total. The molecule has 0 heterocycles. The van der Waals surface area contributed by atoms with Gasteiger partial charge in [-0.2, -0.15) is 0 Å².